The van der Waals surface area contributed by atoms with Crippen molar-refractivity contribution in [2.45, 2.75) is 13.5 Å². The Kier molecular flexibility index (Phi) is 7.27. The first-order valence-corrected chi connectivity index (χ1v) is 11.8. The number of ether oxygens (including phenoxy) is 1. The minimum atomic E-state index is -2.32. The monoisotopic (exact) mass is 662 g/mol. The maximum absolute atomic E-state index is 14.2. The molecular formula is C24H13BrF5IN2O2. The third-order valence-corrected chi connectivity index (χ3v) is 6.41. The number of carbonyl (C=O) groups excluding carboxylic acids is 1. The Morgan fingerprint density at radius 3 is 2.20 bits per heavy atom. The third kappa shape index (κ3) is 4.83. The van der Waals surface area contributed by atoms with Crippen LogP contribution in [0.4, 0.5) is 27.6 Å². The zero-order chi connectivity index (χ0) is 25.4. The van der Waals surface area contributed by atoms with Gasteiger partial charge in [0, 0.05) is 0 Å². The molecule has 0 N–H and O–H groups in total. The van der Waals surface area contributed by atoms with Crippen LogP contribution in [-0.4, -0.2) is 11.6 Å². The molecule has 1 aliphatic heterocycles. The van der Waals surface area contributed by atoms with E-state index >= 15 is 0 Å². The SMILES string of the molecule is CC1=NN(c2c(F)c(F)c(F)c(F)c2F)C(=O)/C1=C/c1cc(Br)c(OCc2ccccc2)c(I)c1. The van der Waals surface area contributed by atoms with E-state index in [9.17, 15) is 26.7 Å². The normalized spacial score (nSPS) is 14.6. The molecule has 0 bridgehead atoms. The molecule has 0 aromatic heterocycles. The van der Waals surface area contributed by atoms with E-state index in [1.165, 1.54) is 13.0 Å². The molecule has 0 fully saturated rings. The average molecular weight is 663 g/mol. The Bertz CT molecular complexity index is 1360. The molecule has 0 aliphatic carbocycles. The highest BCUT2D eigenvalue weighted by Crippen LogP contribution is 2.36. The molecule has 4 rings (SSSR count). The lowest BCUT2D eigenvalue weighted by Crippen LogP contribution is -2.25. The molecule has 180 valence electrons. The molecule has 0 saturated carbocycles. The van der Waals surface area contributed by atoms with E-state index in [-0.39, 0.29) is 16.3 Å². The van der Waals surface area contributed by atoms with Gasteiger partial charge in [-0.3, -0.25) is 4.79 Å². The van der Waals surface area contributed by atoms with E-state index in [4.69, 9.17) is 4.74 Å². The van der Waals surface area contributed by atoms with Gasteiger partial charge in [-0.05, 0) is 74.8 Å². The maximum Gasteiger partial charge on any atom is 0.280 e. The first kappa shape index (κ1) is 25.3. The number of anilines is 1. The van der Waals surface area contributed by atoms with Gasteiger partial charge >= 0.3 is 0 Å². The van der Waals surface area contributed by atoms with E-state index < -0.39 is 40.7 Å². The molecule has 0 saturated heterocycles. The van der Waals surface area contributed by atoms with Crippen molar-refractivity contribution in [3.63, 3.8) is 0 Å². The molecule has 11 heteroatoms. The van der Waals surface area contributed by atoms with Gasteiger partial charge in [0.1, 0.15) is 18.0 Å². The molecule has 1 aliphatic rings. The summed E-state index contributed by atoms with van der Waals surface area (Å²) in [7, 11) is 0. The van der Waals surface area contributed by atoms with Crippen LogP contribution in [0, 0.1) is 32.7 Å². The van der Waals surface area contributed by atoms with Gasteiger partial charge < -0.3 is 4.74 Å². The van der Waals surface area contributed by atoms with Crippen molar-refractivity contribution in [1.82, 2.24) is 0 Å². The molecule has 35 heavy (non-hydrogen) atoms. The topological polar surface area (TPSA) is 41.9 Å². The highest BCUT2D eigenvalue weighted by atomic mass is 127. The molecule has 0 radical (unpaired) electrons. The number of hydrogen-bond donors (Lipinski definition) is 0. The Hall–Kier alpha value is -2.80. The van der Waals surface area contributed by atoms with Crippen LogP contribution in [0.5, 0.6) is 5.75 Å². The summed E-state index contributed by atoms with van der Waals surface area (Å²) >= 11 is 5.49. The number of hydrazone groups is 1. The van der Waals surface area contributed by atoms with E-state index in [0.717, 1.165) is 5.56 Å². The summed E-state index contributed by atoms with van der Waals surface area (Å²) in [6.07, 6.45) is 1.40. The summed E-state index contributed by atoms with van der Waals surface area (Å²) in [5.41, 5.74) is 0.0159. The van der Waals surface area contributed by atoms with Crippen molar-refractivity contribution >= 4 is 61.9 Å². The fourth-order valence-electron chi connectivity index (χ4n) is 3.31. The number of nitrogens with zero attached hydrogens (tertiary/aromatic N) is 2. The van der Waals surface area contributed by atoms with Crippen molar-refractivity contribution in [3.05, 3.63) is 96.3 Å². The van der Waals surface area contributed by atoms with Gasteiger partial charge in [0.05, 0.1) is 19.3 Å². The predicted molar refractivity (Wildman–Crippen MR) is 132 cm³/mol. The summed E-state index contributed by atoms with van der Waals surface area (Å²) in [6, 6.07) is 12.9. The Morgan fingerprint density at radius 2 is 1.60 bits per heavy atom. The van der Waals surface area contributed by atoms with E-state index in [1.807, 2.05) is 30.3 Å². The Balaban J connectivity index is 1.64. The van der Waals surface area contributed by atoms with Gasteiger partial charge in [0.15, 0.2) is 23.3 Å². The molecule has 0 unspecified atom stereocenters. The first-order valence-electron chi connectivity index (χ1n) is 9.89. The van der Waals surface area contributed by atoms with Crippen LogP contribution in [0.25, 0.3) is 6.08 Å². The van der Waals surface area contributed by atoms with Crippen molar-refractivity contribution in [2.75, 3.05) is 5.01 Å². The standard InChI is InChI=1S/C24H13BrF5IN2O2/c1-11-14(24(34)33(32-11)22-20(29)18(27)17(26)19(28)21(22)30)7-13-8-15(25)23(16(31)9-13)35-10-12-5-3-2-4-6-12/h2-9H,10H2,1H3/b14-7+. The van der Waals surface area contributed by atoms with Crippen LogP contribution in [0.1, 0.15) is 18.1 Å². The van der Waals surface area contributed by atoms with Crippen molar-refractivity contribution in [3.8, 4) is 5.75 Å². The molecular weight excluding hydrogens is 650 g/mol. The zero-order valence-electron chi connectivity index (χ0n) is 17.7. The van der Waals surface area contributed by atoms with Crippen LogP contribution < -0.4 is 9.75 Å². The predicted octanol–water partition coefficient (Wildman–Crippen LogP) is 7.13. The molecule has 3 aromatic rings. The Morgan fingerprint density at radius 1 is 1.00 bits per heavy atom. The second-order valence-corrected chi connectivity index (χ2v) is 9.38. The highest BCUT2D eigenvalue weighted by molar-refractivity contribution is 14.1. The van der Waals surface area contributed by atoms with E-state index in [2.05, 4.69) is 43.6 Å². The second-order valence-electron chi connectivity index (χ2n) is 7.37. The number of benzene rings is 3. The lowest BCUT2D eigenvalue weighted by molar-refractivity contribution is -0.114. The fraction of sp³-hybridized carbons (Fsp3) is 0.0833. The van der Waals surface area contributed by atoms with Gasteiger partial charge in [-0.2, -0.15) is 10.1 Å². The van der Waals surface area contributed by atoms with Crippen molar-refractivity contribution < 1.29 is 31.5 Å². The smallest absolute Gasteiger partial charge is 0.280 e. The number of carbonyl (C=O) groups is 1. The van der Waals surface area contributed by atoms with Gasteiger partial charge in [-0.1, -0.05) is 30.3 Å². The van der Waals surface area contributed by atoms with Crippen molar-refractivity contribution in [2.24, 2.45) is 5.10 Å². The van der Waals surface area contributed by atoms with Gasteiger partial charge in [0.2, 0.25) is 5.82 Å². The lowest BCUT2D eigenvalue weighted by atomic mass is 10.1. The summed E-state index contributed by atoms with van der Waals surface area (Å²) < 4.78 is 76.3. The molecule has 0 atom stereocenters. The minimum absolute atomic E-state index is 0.0366. The molecule has 1 heterocycles. The summed E-state index contributed by atoms with van der Waals surface area (Å²) in [5.74, 6) is -11.4. The number of rotatable bonds is 5. The van der Waals surface area contributed by atoms with Gasteiger partial charge in [-0.15, -0.1) is 0 Å². The quantitative estimate of drug-likeness (QED) is 0.0959. The average Bonchev–Trinajstić information content (AvgIpc) is 3.10. The molecule has 0 spiro atoms. The number of halogens is 7. The Labute approximate surface area is 218 Å². The third-order valence-electron chi connectivity index (χ3n) is 5.02. The van der Waals surface area contributed by atoms with Gasteiger partial charge in [-0.25, -0.2) is 22.0 Å². The van der Waals surface area contributed by atoms with Crippen LogP contribution in [0.2, 0.25) is 0 Å². The van der Waals surface area contributed by atoms with E-state index in [0.29, 0.717) is 26.0 Å². The second kappa shape index (κ2) is 10.1. The van der Waals surface area contributed by atoms with Gasteiger partial charge in [0.25, 0.3) is 5.91 Å². The number of hydrogen-bond acceptors (Lipinski definition) is 3. The van der Waals surface area contributed by atoms with Crippen LogP contribution in [0.15, 0.2) is 57.6 Å². The minimum Gasteiger partial charge on any atom is -0.487 e. The fourth-order valence-corrected chi connectivity index (χ4v) is 5.08. The molecule has 3 aromatic carbocycles. The van der Waals surface area contributed by atoms with Crippen LogP contribution in [-0.2, 0) is 11.4 Å². The van der Waals surface area contributed by atoms with Crippen LogP contribution >= 0.6 is 38.5 Å². The summed E-state index contributed by atoms with van der Waals surface area (Å²) in [5, 5.41) is 3.91. The maximum atomic E-state index is 14.2. The zero-order valence-corrected chi connectivity index (χ0v) is 21.4. The lowest BCUT2D eigenvalue weighted by Gasteiger charge is -2.15. The summed E-state index contributed by atoms with van der Waals surface area (Å²) in [6.45, 7) is 1.71. The first-order chi connectivity index (χ1) is 16.6. The van der Waals surface area contributed by atoms with E-state index in [1.54, 1.807) is 12.1 Å². The molecule has 1 amide bonds. The van der Waals surface area contributed by atoms with Crippen LogP contribution in [0.3, 0.4) is 0 Å². The highest BCUT2D eigenvalue weighted by Gasteiger charge is 2.37. The largest absolute Gasteiger partial charge is 0.487 e. The number of amides is 1. The van der Waals surface area contributed by atoms with Crippen molar-refractivity contribution in [1.29, 1.82) is 0 Å². The molecule has 4 nitrogen and oxygen atoms in total. The summed E-state index contributed by atoms with van der Waals surface area (Å²) in [4.78, 5) is 12.9.